The largest absolute Gasteiger partial charge is 0.378 e. The van der Waals surface area contributed by atoms with Crippen molar-refractivity contribution in [1.82, 2.24) is 10.2 Å². The lowest BCUT2D eigenvalue weighted by molar-refractivity contribution is -0.00268. The fourth-order valence-corrected chi connectivity index (χ4v) is 2.94. The van der Waals surface area contributed by atoms with Crippen molar-refractivity contribution in [3.63, 3.8) is 0 Å². The normalized spacial score (nSPS) is 17.3. The molecule has 1 saturated heterocycles. The number of benzene rings is 2. The molecule has 3 heteroatoms. The Kier molecular flexibility index (Phi) is 5.22. The Labute approximate surface area is 132 Å². The van der Waals surface area contributed by atoms with Crippen molar-refractivity contribution in [3.8, 4) is 0 Å². The molecule has 0 radical (unpaired) electrons. The highest BCUT2D eigenvalue weighted by Crippen LogP contribution is 2.13. The van der Waals surface area contributed by atoms with E-state index in [1.165, 1.54) is 16.7 Å². The van der Waals surface area contributed by atoms with Crippen LogP contribution < -0.4 is 5.32 Å². The molecule has 0 saturated carbocycles. The molecule has 3 rings (SSSR count). The molecule has 22 heavy (non-hydrogen) atoms. The predicted octanol–water partition coefficient (Wildman–Crippen LogP) is 2.04. The van der Waals surface area contributed by atoms with Gasteiger partial charge in [0.2, 0.25) is 0 Å². The van der Waals surface area contributed by atoms with E-state index in [-0.39, 0.29) is 6.23 Å². The zero-order chi connectivity index (χ0) is 15.2. The number of rotatable bonds is 5. The lowest BCUT2D eigenvalue weighted by Gasteiger charge is -2.31. The Morgan fingerprint density at radius 1 is 0.864 bits per heavy atom. The summed E-state index contributed by atoms with van der Waals surface area (Å²) in [5.41, 5.74) is 3.84. The lowest BCUT2D eigenvalue weighted by Crippen LogP contribution is -2.49. The van der Waals surface area contributed by atoms with Crippen molar-refractivity contribution >= 4 is 0 Å². The smallest absolute Gasteiger partial charge is 0.111 e. The lowest BCUT2D eigenvalue weighted by atomic mass is 10.0. The molecule has 0 aliphatic carbocycles. The van der Waals surface area contributed by atoms with Gasteiger partial charge in [-0.1, -0.05) is 54.6 Å². The molecular formula is C19H24N2O. The maximum Gasteiger partial charge on any atom is 0.111 e. The van der Waals surface area contributed by atoms with Crippen molar-refractivity contribution in [2.45, 2.75) is 19.1 Å². The van der Waals surface area contributed by atoms with Gasteiger partial charge in [-0.25, -0.2) is 0 Å². The molecular weight excluding hydrogens is 272 g/mol. The quantitative estimate of drug-likeness (QED) is 0.886. The van der Waals surface area contributed by atoms with Gasteiger partial charge in [0, 0.05) is 32.6 Å². The monoisotopic (exact) mass is 296 g/mol. The summed E-state index contributed by atoms with van der Waals surface area (Å²) < 4.78 is 0. The molecule has 1 atom stereocenters. The summed E-state index contributed by atoms with van der Waals surface area (Å²) in [7, 11) is 0. The van der Waals surface area contributed by atoms with Gasteiger partial charge in [0.05, 0.1) is 0 Å². The van der Waals surface area contributed by atoms with Crippen LogP contribution >= 0.6 is 0 Å². The van der Waals surface area contributed by atoms with Crippen molar-refractivity contribution in [3.05, 3.63) is 71.3 Å². The van der Waals surface area contributed by atoms with Crippen molar-refractivity contribution in [1.29, 1.82) is 0 Å². The summed E-state index contributed by atoms with van der Waals surface area (Å²) in [6.07, 6.45) is 1.29. The van der Waals surface area contributed by atoms with E-state index in [0.29, 0.717) is 6.42 Å². The standard InChI is InChI=1S/C19H24N2O/c22-19(21-12-10-20-11-13-21)15-18-8-6-17(7-9-18)14-16-4-2-1-3-5-16/h1-9,19-20,22H,10-15H2. The van der Waals surface area contributed by atoms with Gasteiger partial charge in [-0.05, 0) is 23.1 Å². The van der Waals surface area contributed by atoms with Gasteiger partial charge >= 0.3 is 0 Å². The molecule has 0 aromatic heterocycles. The van der Waals surface area contributed by atoms with E-state index in [1.54, 1.807) is 0 Å². The van der Waals surface area contributed by atoms with Gasteiger partial charge in [0.25, 0.3) is 0 Å². The molecule has 1 aliphatic rings. The van der Waals surface area contributed by atoms with Crippen LogP contribution in [0, 0.1) is 0 Å². The van der Waals surface area contributed by atoms with Crippen molar-refractivity contribution in [2.75, 3.05) is 26.2 Å². The second-order valence-electron chi connectivity index (χ2n) is 5.95. The van der Waals surface area contributed by atoms with E-state index in [0.717, 1.165) is 32.6 Å². The molecule has 0 spiro atoms. The number of aliphatic hydroxyl groups is 1. The number of nitrogens with zero attached hydrogens (tertiary/aromatic N) is 1. The highest BCUT2D eigenvalue weighted by Gasteiger charge is 2.17. The van der Waals surface area contributed by atoms with Gasteiger partial charge < -0.3 is 10.4 Å². The average molecular weight is 296 g/mol. The maximum atomic E-state index is 10.3. The highest BCUT2D eigenvalue weighted by atomic mass is 16.3. The first-order valence-electron chi connectivity index (χ1n) is 8.06. The van der Waals surface area contributed by atoms with Crippen LogP contribution in [0.15, 0.2) is 54.6 Å². The van der Waals surface area contributed by atoms with Crippen LogP contribution in [0.2, 0.25) is 0 Å². The molecule has 1 unspecified atom stereocenters. The van der Waals surface area contributed by atoms with Crippen LogP contribution in [0.25, 0.3) is 0 Å². The van der Waals surface area contributed by atoms with Gasteiger partial charge in [-0.2, -0.15) is 0 Å². The Morgan fingerprint density at radius 3 is 2.14 bits per heavy atom. The number of hydrogen-bond donors (Lipinski definition) is 2. The molecule has 2 aromatic carbocycles. The first-order chi connectivity index (χ1) is 10.8. The Bertz CT molecular complexity index is 562. The molecule has 116 valence electrons. The molecule has 1 fully saturated rings. The Morgan fingerprint density at radius 2 is 1.45 bits per heavy atom. The summed E-state index contributed by atoms with van der Waals surface area (Å²) in [5, 5.41) is 13.6. The number of nitrogens with one attached hydrogen (secondary N) is 1. The second-order valence-corrected chi connectivity index (χ2v) is 5.95. The van der Waals surface area contributed by atoms with E-state index in [2.05, 4.69) is 58.7 Å². The van der Waals surface area contributed by atoms with E-state index in [1.807, 2.05) is 6.07 Å². The molecule has 2 N–H and O–H groups in total. The summed E-state index contributed by atoms with van der Waals surface area (Å²) in [6, 6.07) is 19.1. The molecule has 3 nitrogen and oxygen atoms in total. The van der Waals surface area contributed by atoms with Crippen LogP contribution in [0.4, 0.5) is 0 Å². The summed E-state index contributed by atoms with van der Waals surface area (Å²) >= 11 is 0. The zero-order valence-corrected chi connectivity index (χ0v) is 12.9. The fraction of sp³-hybridized carbons (Fsp3) is 0.368. The number of hydrogen-bond acceptors (Lipinski definition) is 3. The first kappa shape index (κ1) is 15.2. The van der Waals surface area contributed by atoms with Gasteiger partial charge in [-0.15, -0.1) is 0 Å². The SMILES string of the molecule is OC(Cc1ccc(Cc2ccccc2)cc1)N1CCNCC1. The summed E-state index contributed by atoms with van der Waals surface area (Å²) in [4.78, 5) is 2.15. The fourth-order valence-electron chi connectivity index (χ4n) is 2.94. The van der Waals surface area contributed by atoms with Crippen LogP contribution in [-0.2, 0) is 12.8 Å². The van der Waals surface area contributed by atoms with Crippen molar-refractivity contribution in [2.24, 2.45) is 0 Å². The number of aliphatic hydroxyl groups excluding tert-OH is 1. The van der Waals surface area contributed by atoms with Gasteiger partial charge in [0.15, 0.2) is 0 Å². The van der Waals surface area contributed by atoms with Crippen LogP contribution in [0.5, 0.6) is 0 Å². The average Bonchev–Trinajstić information content (AvgIpc) is 2.58. The number of piperazine rings is 1. The Balaban J connectivity index is 1.57. The van der Waals surface area contributed by atoms with E-state index >= 15 is 0 Å². The Hall–Kier alpha value is -1.68. The third-order valence-electron chi connectivity index (χ3n) is 4.27. The predicted molar refractivity (Wildman–Crippen MR) is 89.8 cm³/mol. The molecule has 1 aliphatic heterocycles. The molecule has 0 amide bonds. The summed E-state index contributed by atoms with van der Waals surface area (Å²) in [5.74, 6) is 0. The van der Waals surface area contributed by atoms with Gasteiger partial charge in [0.1, 0.15) is 6.23 Å². The minimum atomic E-state index is -0.373. The highest BCUT2D eigenvalue weighted by molar-refractivity contribution is 5.28. The minimum Gasteiger partial charge on any atom is -0.378 e. The third-order valence-corrected chi connectivity index (χ3v) is 4.27. The van der Waals surface area contributed by atoms with Gasteiger partial charge in [-0.3, -0.25) is 4.90 Å². The topological polar surface area (TPSA) is 35.5 Å². The molecule has 0 bridgehead atoms. The maximum absolute atomic E-state index is 10.3. The van der Waals surface area contributed by atoms with Crippen LogP contribution in [-0.4, -0.2) is 42.4 Å². The van der Waals surface area contributed by atoms with Crippen molar-refractivity contribution < 1.29 is 5.11 Å². The van der Waals surface area contributed by atoms with Crippen LogP contribution in [0.3, 0.4) is 0 Å². The van der Waals surface area contributed by atoms with E-state index in [4.69, 9.17) is 0 Å². The minimum absolute atomic E-state index is 0.373. The third kappa shape index (κ3) is 4.17. The van der Waals surface area contributed by atoms with E-state index < -0.39 is 0 Å². The second kappa shape index (κ2) is 7.54. The first-order valence-corrected chi connectivity index (χ1v) is 8.06. The summed E-state index contributed by atoms with van der Waals surface area (Å²) in [6.45, 7) is 3.78. The van der Waals surface area contributed by atoms with Crippen LogP contribution in [0.1, 0.15) is 16.7 Å². The molecule has 2 aromatic rings. The zero-order valence-electron chi connectivity index (χ0n) is 12.9. The van der Waals surface area contributed by atoms with E-state index in [9.17, 15) is 5.11 Å². The molecule has 1 heterocycles.